The van der Waals surface area contributed by atoms with Crippen molar-refractivity contribution in [2.75, 3.05) is 7.05 Å². The minimum absolute atomic E-state index is 0.0345. The Kier molecular flexibility index (Phi) is 5.31. The van der Waals surface area contributed by atoms with Gasteiger partial charge < -0.3 is 4.90 Å². The summed E-state index contributed by atoms with van der Waals surface area (Å²) in [7, 11) is 1.84. The van der Waals surface area contributed by atoms with Crippen LogP contribution in [0.4, 0.5) is 0 Å². The van der Waals surface area contributed by atoms with Crippen molar-refractivity contribution >= 4 is 28.6 Å². The van der Waals surface area contributed by atoms with Crippen LogP contribution in [-0.2, 0) is 11.2 Å². The van der Waals surface area contributed by atoms with Crippen molar-refractivity contribution in [2.45, 2.75) is 19.4 Å². The lowest BCUT2D eigenvalue weighted by molar-refractivity contribution is -0.131. The number of carbonyl (C=O) groups excluding carboxylic acids is 1. The van der Waals surface area contributed by atoms with Gasteiger partial charge >= 0.3 is 0 Å². The molecule has 142 valence electrons. The average molecular weight is 410 g/mol. The highest BCUT2D eigenvalue weighted by molar-refractivity contribution is 7.20. The summed E-state index contributed by atoms with van der Waals surface area (Å²) >= 11 is 3.24. The molecule has 0 fully saturated rings. The summed E-state index contributed by atoms with van der Waals surface area (Å²) in [5.41, 5.74) is 2.82. The Morgan fingerprint density at radius 3 is 2.71 bits per heavy atom. The summed E-state index contributed by atoms with van der Waals surface area (Å²) in [6, 6.07) is 12.0. The maximum atomic E-state index is 12.7. The zero-order valence-electron chi connectivity index (χ0n) is 15.5. The Morgan fingerprint density at radius 2 is 2.04 bits per heavy atom. The van der Waals surface area contributed by atoms with E-state index in [0.717, 1.165) is 26.8 Å². The van der Waals surface area contributed by atoms with Gasteiger partial charge in [-0.05, 0) is 36.1 Å². The largest absolute Gasteiger partial charge is 0.339 e. The molecule has 0 saturated carbocycles. The molecule has 0 aliphatic heterocycles. The van der Waals surface area contributed by atoms with E-state index in [-0.39, 0.29) is 11.9 Å². The van der Waals surface area contributed by atoms with Gasteiger partial charge in [-0.1, -0.05) is 18.2 Å². The Hall–Kier alpha value is -2.84. The number of likely N-dealkylation sites (N-methyl/N-ethyl adjacent to an activating group) is 1. The zero-order chi connectivity index (χ0) is 19.5. The SMILES string of the molecule is C[C@@H](c1ccc(-n2cncn2)cc1)N(C)C(=O)Cc1csc(-c2cccs2)n1. The molecule has 28 heavy (non-hydrogen) atoms. The molecule has 0 saturated heterocycles. The summed E-state index contributed by atoms with van der Waals surface area (Å²) in [6.45, 7) is 2.03. The van der Waals surface area contributed by atoms with Crippen molar-refractivity contribution < 1.29 is 4.79 Å². The number of nitrogens with zero attached hydrogens (tertiary/aromatic N) is 5. The van der Waals surface area contributed by atoms with Crippen LogP contribution in [0, 0.1) is 0 Å². The molecule has 0 N–H and O–H groups in total. The van der Waals surface area contributed by atoms with Crippen LogP contribution < -0.4 is 0 Å². The van der Waals surface area contributed by atoms with Gasteiger partial charge in [0, 0.05) is 12.4 Å². The van der Waals surface area contributed by atoms with E-state index in [2.05, 4.69) is 15.1 Å². The van der Waals surface area contributed by atoms with Crippen molar-refractivity contribution in [3.63, 3.8) is 0 Å². The first-order valence-corrected chi connectivity index (χ1v) is 10.6. The van der Waals surface area contributed by atoms with E-state index in [4.69, 9.17) is 0 Å². The van der Waals surface area contributed by atoms with Crippen LogP contribution in [-0.4, -0.2) is 37.6 Å². The van der Waals surface area contributed by atoms with E-state index in [1.807, 2.05) is 61.1 Å². The van der Waals surface area contributed by atoms with E-state index < -0.39 is 0 Å². The Labute approximate surface area is 171 Å². The van der Waals surface area contributed by atoms with Gasteiger partial charge in [0.05, 0.1) is 28.7 Å². The van der Waals surface area contributed by atoms with Gasteiger partial charge in [0.2, 0.25) is 5.91 Å². The van der Waals surface area contributed by atoms with Gasteiger partial charge in [-0.3, -0.25) is 4.79 Å². The van der Waals surface area contributed by atoms with Gasteiger partial charge in [0.15, 0.2) is 0 Å². The summed E-state index contributed by atoms with van der Waals surface area (Å²) in [5, 5.41) is 9.10. The summed E-state index contributed by atoms with van der Waals surface area (Å²) < 4.78 is 1.71. The number of aromatic nitrogens is 4. The minimum Gasteiger partial charge on any atom is -0.339 e. The van der Waals surface area contributed by atoms with Crippen LogP contribution in [0.25, 0.3) is 15.6 Å². The Bertz CT molecular complexity index is 1040. The van der Waals surface area contributed by atoms with Crippen LogP contribution >= 0.6 is 22.7 Å². The first-order chi connectivity index (χ1) is 13.6. The number of benzene rings is 1. The monoisotopic (exact) mass is 409 g/mol. The van der Waals surface area contributed by atoms with Crippen molar-refractivity contribution in [3.05, 3.63) is 71.1 Å². The number of amides is 1. The van der Waals surface area contributed by atoms with Crippen LogP contribution in [0.3, 0.4) is 0 Å². The number of hydrogen-bond acceptors (Lipinski definition) is 6. The topological polar surface area (TPSA) is 63.9 Å². The summed E-state index contributed by atoms with van der Waals surface area (Å²) in [5.74, 6) is 0.0517. The summed E-state index contributed by atoms with van der Waals surface area (Å²) in [6.07, 6.45) is 3.47. The number of thiophene rings is 1. The van der Waals surface area contributed by atoms with E-state index >= 15 is 0 Å². The molecule has 8 heteroatoms. The predicted octanol–water partition coefficient (Wildman–Crippen LogP) is 4.21. The lowest BCUT2D eigenvalue weighted by Gasteiger charge is -2.25. The fraction of sp³-hybridized carbons (Fsp3) is 0.200. The van der Waals surface area contributed by atoms with Gasteiger partial charge in [-0.15, -0.1) is 22.7 Å². The fourth-order valence-corrected chi connectivity index (χ4v) is 4.50. The molecule has 0 radical (unpaired) electrons. The molecule has 3 aromatic heterocycles. The molecule has 0 aliphatic rings. The van der Waals surface area contributed by atoms with Gasteiger partial charge in [0.1, 0.15) is 17.7 Å². The molecule has 4 aromatic rings. The van der Waals surface area contributed by atoms with Crippen LogP contribution in [0.1, 0.15) is 24.2 Å². The Morgan fingerprint density at radius 1 is 1.21 bits per heavy atom. The molecule has 0 aliphatic carbocycles. The molecular weight excluding hydrogens is 390 g/mol. The predicted molar refractivity (Wildman–Crippen MR) is 112 cm³/mol. The molecule has 4 rings (SSSR count). The molecular formula is C20H19N5OS2. The van der Waals surface area contributed by atoms with Crippen molar-refractivity contribution in [2.24, 2.45) is 0 Å². The number of thiazole rings is 1. The highest BCUT2D eigenvalue weighted by Gasteiger charge is 2.19. The second-order valence-corrected chi connectivity index (χ2v) is 8.22. The molecule has 6 nitrogen and oxygen atoms in total. The van der Waals surface area contributed by atoms with E-state index in [1.54, 1.807) is 38.6 Å². The Balaban J connectivity index is 1.42. The minimum atomic E-state index is -0.0345. The number of hydrogen-bond donors (Lipinski definition) is 0. The standard InChI is InChI=1S/C20H19N5OS2/c1-14(15-5-7-17(8-6-15)25-13-21-12-22-25)24(2)19(26)10-16-11-28-20(23-16)18-4-3-9-27-18/h3-9,11-14H,10H2,1-2H3/t14-/m0/s1. The van der Waals surface area contributed by atoms with Crippen molar-refractivity contribution in [1.29, 1.82) is 0 Å². The van der Waals surface area contributed by atoms with Crippen LogP contribution in [0.15, 0.2) is 59.8 Å². The number of rotatable bonds is 6. The van der Waals surface area contributed by atoms with Gasteiger partial charge in [-0.25, -0.2) is 14.6 Å². The maximum Gasteiger partial charge on any atom is 0.228 e. The second-order valence-electron chi connectivity index (χ2n) is 6.41. The first kappa shape index (κ1) is 18.5. The van der Waals surface area contributed by atoms with Gasteiger partial charge in [-0.2, -0.15) is 5.10 Å². The third kappa shape index (κ3) is 3.88. The van der Waals surface area contributed by atoms with Crippen molar-refractivity contribution in [1.82, 2.24) is 24.6 Å². The summed E-state index contributed by atoms with van der Waals surface area (Å²) in [4.78, 5) is 24.2. The molecule has 3 heterocycles. The maximum absolute atomic E-state index is 12.7. The number of carbonyl (C=O) groups is 1. The third-order valence-corrected chi connectivity index (χ3v) is 6.58. The van der Waals surface area contributed by atoms with E-state index in [0.29, 0.717) is 6.42 Å². The van der Waals surface area contributed by atoms with Crippen LogP contribution in [0.2, 0.25) is 0 Å². The van der Waals surface area contributed by atoms with Crippen LogP contribution in [0.5, 0.6) is 0 Å². The smallest absolute Gasteiger partial charge is 0.228 e. The first-order valence-electron chi connectivity index (χ1n) is 8.80. The molecule has 1 atom stereocenters. The molecule has 0 bridgehead atoms. The van der Waals surface area contributed by atoms with Gasteiger partial charge in [0.25, 0.3) is 0 Å². The average Bonchev–Trinajstić information content (AvgIpc) is 3.49. The quantitative estimate of drug-likeness (QED) is 0.478. The zero-order valence-corrected chi connectivity index (χ0v) is 17.2. The lowest BCUT2D eigenvalue weighted by Crippen LogP contribution is -2.31. The molecule has 1 aromatic carbocycles. The highest BCUT2D eigenvalue weighted by atomic mass is 32.1. The normalized spacial score (nSPS) is 12.1. The molecule has 0 spiro atoms. The second kappa shape index (κ2) is 8.04. The molecule has 0 unspecified atom stereocenters. The lowest BCUT2D eigenvalue weighted by atomic mass is 10.1. The van der Waals surface area contributed by atoms with E-state index in [1.165, 1.54) is 6.33 Å². The van der Waals surface area contributed by atoms with Crippen molar-refractivity contribution in [3.8, 4) is 15.6 Å². The third-order valence-electron chi connectivity index (χ3n) is 4.65. The highest BCUT2D eigenvalue weighted by Crippen LogP contribution is 2.28. The molecule has 1 amide bonds. The fourth-order valence-electron chi connectivity index (χ4n) is 2.87. The van der Waals surface area contributed by atoms with E-state index in [9.17, 15) is 4.79 Å².